The summed E-state index contributed by atoms with van der Waals surface area (Å²) in [5.74, 6) is -2.06. The molecule has 1 aliphatic rings. The van der Waals surface area contributed by atoms with Gasteiger partial charge in [-0.15, -0.1) is 12.4 Å². The maximum Gasteiger partial charge on any atom is 0.331 e. The summed E-state index contributed by atoms with van der Waals surface area (Å²) in [5.41, 5.74) is -0.949. The van der Waals surface area contributed by atoms with E-state index < -0.39 is 17.4 Å². The van der Waals surface area contributed by atoms with Crippen LogP contribution in [0.4, 0.5) is 0 Å². The molecule has 6 nitrogen and oxygen atoms in total. The number of hydrogen-bond acceptors (Lipinski definition) is 3. The van der Waals surface area contributed by atoms with Gasteiger partial charge in [-0.3, -0.25) is 4.79 Å². The first kappa shape index (κ1) is 24.9. The number of rotatable bonds is 9. The number of allylic oxidation sites excluding steroid dienone is 2. The van der Waals surface area contributed by atoms with E-state index >= 15 is 0 Å². The van der Waals surface area contributed by atoms with Crippen LogP contribution in [0.5, 0.6) is 0 Å². The van der Waals surface area contributed by atoms with Gasteiger partial charge in [0, 0.05) is 24.5 Å². The summed E-state index contributed by atoms with van der Waals surface area (Å²) < 4.78 is 2.15. The fourth-order valence-electron chi connectivity index (χ4n) is 2.68. The highest BCUT2D eigenvalue weighted by atomic mass is 35.5. The Bertz CT molecular complexity index is 626. The Morgan fingerprint density at radius 2 is 1.85 bits per heavy atom. The molecule has 0 spiro atoms. The molecule has 0 saturated carbocycles. The van der Waals surface area contributed by atoms with Crippen LogP contribution in [0.2, 0.25) is 0 Å². The zero-order valence-corrected chi connectivity index (χ0v) is 17.0. The van der Waals surface area contributed by atoms with Crippen molar-refractivity contribution in [2.24, 2.45) is 5.41 Å². The Kier molecular flexibility index (Phi) is 12.1. The minimum Gasteiger partial charge on any atom is -0.481 e. The second kappa shape index (κ2) is 13.1. The fourth-order valence-corrected chi connectivity index (χ4v) is 2.68. The van der Waals surface area contributed by atoms with Crippen LogP contribution in [0.25, 0.3) is 0 Å². The maximum absolute atomic E-state index is 10.8. The number of carbonyl (C=O) groups is 2. The zero-order valence-electron chi connectivity index (χ0n) is 16.1. The number of unbranched alkanes of at least 4 members (excludes halogenated alkanes) is 5. The van der Waals surface area contributed by atoms with Crippen LogP contribution >= 0.6 is 12.4 Å². The summed E-state index contributed by atoms with van der Waals surface area (Å²) in [7, 11) is 0. The van der Waals surface area contributed by atoms with Gasteiger partial charge >= 0.3 is 11.9 Å². The molecule has 7 heteroatoms. The highest BCUT2D eigenvalue weighted by Gasteiger charge is 2.34. The first-order valence-corrected chi connectivity index (χ1v) is 9.20. The van der Waals surface area contributed by atoms with Crippen molar-refractivity contribution in [1.29, 1.82) is 0 Å². The monoisotopic (exact) mass is 398 g/mol. The van der Waals surface area contributed by atoms with E-state index in [1.54, 1.807) is 0 Å². The van der Waals surface area contributed by atoms with E-state index in [1.807, 2.05) is 18.7 Å². The quantitative estimate of drug-likeness (QED) is 0.587. The van der Waals surface area contributed by atoms with Gasteiger partial charge in [0.1, 0.15) is 0 Å². The average Bonchev–Trinajstić information content (AvgIpc) is 3.12. The van der Waals surface area contributed by atoms with E-state index in [0.29, 0.717) is 0 Å². The standard InChI is InChI=1S/C11H20N2.C9H10O4.ClH/c1-2-3-4-5-6-7-9-13-10-8-12-11-13;1-9(8(12)13)4-2-3-6(5-9)7(10)11;/h8,10-11H,2-7,9H2,1H3;2-4H,5H2,1H3,(H,10,11)(H,12,13);1H. The van der Waals surface area contributed by atoms with Gasteiger partial charge in [0.2, 0.25) is 0 Å². The summed E-state index contributed by atoms with van der Waals surface area (Å²) in [5, 5.41) is 17.5. The van der Waals surface area contributed by atoms with Gasteiger partial charge in [0.15, 0.2) is 0 Å². The smallest absolute Gasteiger partial charge is 0.331 e. The SMILES string of the molecule is CC1(C(=O)O)C=CC=C(C(=O)O)C1.CCCCCCCCn1ccnc1.Cl. The number of aryl methyl sites for hydroxylation is 1. The summed E-state index contributed by atoms with van der Waals surface area (Å²) in [6.45, 7) is 4.89. The molecule has 0 amide bonds. The third-order valence-electron chi connectivity index (χ3n) is 4.41. The third-order valence-corrected chi connectivity index (χ3v) is 4.41. The molecule has 27 heavy (non-hydrogen) atoms. The predicted octanol–water partition coefficient (Wildman–Crippen LogP) is 4.71. The molecule has 1 aliphatic carbocycles. The number of halogens is 1. The molecule has 2 N–H and O–H groups in total. The van der Waals surface area contributed by atoms with Gasteiger partial charge in [-0.2, -0.15) is 0 Å². The molecule has 0 radical (unpaired) electrons. The van der Waals surface area contributed by atoms with E-state index in [2.05, 4.69) is 16.5 Å². The molecule has 0 aromatic carbocycles. The van der Waals surface area contributed by atoms with Gasteiger partial charge in [-0.1, -0.05) is 57.3 Å². The van der Waals surface area contributed by atoms with Crippen molar-refractivity contribution in [1.82, 2.24) is 9.55 Å². The van der Waals surface area contributed by atoms with Gasteiger partial charge in [-0.05, 0) is 19.8 Å². The minimum absolute atomic E-state index is 0. The molecule has 0 saturated heterocycles. The summed E-state index contributed by atoms with van der Waals surface area (Å²) in [4.78, 5) is 25.4. The lowest BCUT2D eigenvalue weighted by molar-refractivity contribution is -0.145. The Morgan fingerprint density at radius 3 is 2.41 bits per heavy atom. The first-order valence-electron chi connectivity index (χ1n) is 9.20. The lowest BCUT2D eigenvalue weighted by Gasteiger charge is -2.23. The first-order chi connectivity index (χ1) is 12.4. The number of carboxylic acids is 2. The molecule has 2 rings (SSSR count). The molecule has 0 aliphatic heterocycles. The van der Waals surface area contributed by atoms with Crippen molar-refractivity contribution in [3.63, 3.8) is 0 Å². The largest absolute Gasteiger partial charge is 0.481 e. The van der Waals surface area contributed by atoms with Gasteiger partial charge in [-0.25, -0.2) is 9.78 Å². The van der Waals surface area contributed by atoms with Crippen molar-refractivity contribution in [2.75, 3.05) is 0 Å². The highest BCUT2D eigenvalue weighted by Crippen LogP contribution is 2.31. The Morgan fingerprint density at radius 1 is 1.19 bits per heavy atom. The van der Waals surface area contributed by atoms with Gasteiger partial charge in [0.05, 0.1) is 11.7 Å². The van der Waals surface area contributed by atoms with Crippen molar-refractivity contribution in [3.8, 4) is 0 Å². The van der Waals surface area contributed by atoms with E-state index in [9.17, 15) is 9.59 Å². The Balaban J connectivity index is 0.000000483. The minimum atomic E-state index is -1.08. The van der Waals surface area contributed by atoms with Crippen molar-refractivity contribution >= 4 is 24.3 Å². The fraction of sp³-hybridized carbons (Fsp3) is 0.550. The van der Waals surface area contributed by atoms with Crippen molar-refractivity contribution < 1.29 is 19.8 Å². The van der Waals surface area contributed by atoms with Crippen molar-refractivity contribution in [2.45, 2.75) is 65.3 Å². The number of carboxylic acid groups (broad SMARTS) is 2. The zero-order chi connectivity index (χ0) is 19.4. The second-order valence-electron chi connectivity index (χ2n) is 6.82. The molecule has 1 heterocycles. The number of aliphatic carboxylic acids is 2. The van der Waals surface area contributed by atoms with E-state index in [1.165, 1.54) is 63.7 Å². The summed E-state index contributed by atoms with van der Waals surface area (Å²) in [6.07, 6.45) is 18.4. The van der Waals surface area contributed by atoms with Crippen LogP contribution < -0.4 is 0 Å². The van der Waals surface area contributed by atoms with Crippen molar-refractivity contribution in [3.05, 3.63) is 42.5 Å². The number of imidazole rings is 1. The van der Waals surface area contributed by atoms with Crippen LogP contribution in [0.3, 0.4) is 0 Å². The van der Waals surface area contributed by atoms with Crippen LogP contribution in [0.15, 0.2) is 42.5 Å². The second-order valence-corrected chi connectivity index (χ2v) is 6.82. The Labute approximate surface area is 167 Å². The molecule has 1 atom stereocenters. The summed E-state index contributed by atoms with van der Waals surface area (Å²) in [6, 6.07) is 0. The number of hydrogen-bond donors (Lipinski definition) is 2. The Hall–Kier alpha value is -2.08. The molecule has 1 aromatic rings. The number of nitrogens with zero attached hydrogens (tertiary/aromatic N) is 2. The molecule has 152 valence electrons. The third kappa shape index (κ3) is 9.43. The van der Waals surface area contributed by atoms with Crippen LogP contribution in [0, 0.1) is 5.41 Å². The van der Waals surface area contributed by atoms with Crippen LogP contribution in [0.1, 0.15) is 58.8 Å². The molecular formula is C20H31ClN2O4. The summed E-state index contributed by atoms with van der Waals surface area (Å²) >= 11 is 0. The molecular weight excluding hydrogens is 368 g/mol. The number of aromatic nitrogens is 2. The van der Waals surface area contributed by atoms with Gasteiger partial charge < -0.3 is 14.8 Å². The highest BCUT2D eigenvalue weighted by molar-refractivity contribution is 5.90. The van der Waals surface area contributed by atoms with E-state index in [4.69, 9.17) is 10.2 Å². The van der Waals surface area contributed by atoms with E-state index in [-0.39, 0.29) is 24.4 Å². The van der Waals surface area contributed by atoms with Gasteiger partial charge in [0.25, 0.3) is 0 Å². The molecule has 0 bridgehead atoms. The normalized spacial score (nSPS) is 17.9. The van der Waals surface area contributed by atoms with Crippen LogP contribution in [-0.4, -0.2) is 31.7 Å². The molecule has 1 unspecified atom stereocenters. The average molecular weight is 399 g/mol. The lowest BCUT2D eigenvalue weighted by atomic mass is 9.80. The molecule has 1 aromatic heterocycles. The molecule has 0 fully saturated rings. The lowest BCUT2D eigenvalue weighted by Crippen LogP contribution is -2.28. The topological polar surface area (TPSA) is 92.4 Å². The van der Waals surface area contributed by atoms with Crippen LogP contribution in [-0.2, 0) is 16.1 Å². The van der Waals surface area contributed by atoms with E-state index in [0.717, 1.165) is 6.54 Å². The predicted molar refractivity (Wildman–Crippen MR) is 108 cm³/mol. The maximum atomic E-state index is 10.8.